The Hall–Kier alpha value is -2.63. The largest absolute Gasteiger partial charge is 0.270 e. The van der Waals surface area contributed by atoms with Crippen molar-refractivity contribution >= 4 is 23.4 Å². The number of hydrogen-bond donors (Lipinski definition) is 0. The Kier molecular flexibility index (Phi) is 5.46. The second-order valence-corrected chi connectivity index (χ2v) is 7.78. The van der Waals surface area contributed by atoms with E-state index in [1.807, 2.05) is 47.0 Å². The fraction of sp³-hybridized carbons (Fsp3) is 0.0909. The van der Waals surface area contributed by atoms with Gasteiger partial charge < -0.3 is 0 Å². The SMILES string of the molecule is Cc1ccc(-n2c(SCc3cccc(F)c3)nnc2-c2ccc(Cl)cc2)cc1. The molecule has 0 saturated carbocycles. The molecule has 0 amide bonds. The molecule has 0 spiro atoms. The van der Waals surface area contributed by atoms with Gasteiger partial charge in [-0.05, 0) is 61.0 Å². The highest BCUT2D eigenvalue weighted by atomic mass is 35.5. The second-order valence-electron chi connectivity index (χ2n) is 6.40. The highest BCUT2D eigenvalue weighted by molar-refractivity contribution is 7.98. The summed E-state index contributed by atoms with van der Waals surface area (Å²) < 4.78 is 15.5. The van der Waals surface area contributed by atoms with E-state index in [2.05, 4.69) is 29.3 Å². The Labute approximate surface area is 172 Å². The van der Waals surface area contributed by atoms with Crippen LogP contribution in [0.15, 0.2) is 78.0 Å². The third kappa shape index (κ3) is 4.11. The lowest BCUT2D eigenvalue weighted by atomic mass is 10.2. The first-order chi connectivity index (χ1) is 13.6. The van der Waals surface area contributed by atoms with Crippen LogP contribution >= 0.6 is 23.4 Å². The lowest BCUT2D eigenvalue weighted by Gasteiger charge is -2.11. The normalized spacial score (nSPS) is 11.0. The minimum Gasteiger partial charge on any atom is -0.270 e. The summed E-state index contributed by atoms with van der Waals surface area (Å²) in [6.45, 7) is 2.05. The van der Waals surface area contributed by atoms with Crippen LogP contribution in [0.3, 0.4) is 0 Å². The molecule has 3 aromatic carbocycles. The van der Waals surface area contributed by atoms with Gasteiger partial charge in [-0.2, -0.15) is 0 Å². The fourth-order valence-electron chi connectivity index (χ4n) is 2.85. The molecule has 0 fully saturated rings. The van der Waals surface area contributed by atoms with E-state index in [1.54, 1.807) is 12.1 Å². The first-order valence-electron chi connectivity index (χ1n) is 8.76. The Balaban J connectivity index is 1.73. The average molecular weight is 410 g/mol. The van der Waals surface area contributed by atoms with Crippen molar-refractivity contribution in [1.29, 1.82) is 0 Å². The van der Waals surface area contributed by atoms with Gasteiger partial charge in [0.25, 0.3) is 0 Å². The van der Waals surface area contributed by atoms with Crippen LogP contribution in [0.2, 0.25) is 5.02 Å². The standard InChI is InChI=1S/C22H17ClFN3S/c1-15-5-11-20(12-6-15)27-21(17-7-9-18(23)10-8-17)25-26-22(27)28-14-16-3-2-4-19(24)13-16/h2-13H,14H2,1H3. The van der Waals surface area contributed by atoms with Crippen molar-refractivity contribution < 1.29 is 4.39 Å². The van der Waals surface area contributed by atoms with Crippen molar-refractivity contribution in [2.45, 2.75) is 17.8 Å². The molecule has 3 nitrogen and oxygen atoms in total. The molecule has 0 aliphatic rings. The predicted molar refractivity (Wildman–Crippen MR) is 113 cm³/mol. The van der Waals surface area contributed by atoms with Gasteiger partial charge in [0.05, 0.1) is 0 Å². The number of aromatic nitrogens is 3. The van der Waals surface area contributed by atoms with Crippen molar-refractivity contribution in [1.82, 2.24) is 14.8 Å². The van der Waals surface area contributed by atoms with Gasteiger partial charge in [0.2, 0.25) is 0 Å². The number of benzene rings is 3. The second kappa shape index (κ2) is 8.17. The summed E-state index contributed by atoms with van der Waals surface area (Å²) in [4.78, 5) is 0. The molecule has 6 heteroatoms. The Morgan fingerprint density at radius 3 is 2.43 bits per heavy atom. The van der Waals surface area contributed by atoms with Crippen LogP contribution in [0, 0.1) is 12.7 Å². The maximum absolute atomic E-state index is 13.5. The van der Waals surface area contributed by atoms with E-state index in [-0.39, 0.29) is 5.82 Å². The Morgan fingerprint density at radius 2 is 1.71 bits per heavy atom. The van der Waals surface area contributed by atoms with Crippen LogP contribution in [0.5, 0.6) is 0 Å². The van der Waals surface area contributed by atoms with Gasteiger partial charge in [-0.3, -0.25) is 4.57 Å². The first kappa shape index (κ1) is 18.7. The third-order valence-corrected chi connectivity index (χ3v) is 5.54. The van der Waals surface area contributed by atoms with Gasteiger partial charge in [-0.25, -0.2) is 4.39 Å². The summed E-state index contributed by atoms with van der Waals surface area (Å²) in [6.07, 6.45) is 0. The summed E-state index contributed by atoms with van der Waals surface area (Å²) >= 11 is 7.55. The van der Waals surface area contributed by atoms with Crippen molar-refractivity contribution in [3.8, 4) is 17.1 Å². The van der Waals surface area contributed by atoms with E-state index >= 15 is 0 Å². The Bertz CT molecular complexity index is 1090. The zero-order chi connectivity index (χ0) is 19.5. The number of rotatable bonds is 5. The van der Waals surface area contributed by atoms with E-state index in [9.17, 15) is 4.39 Å². The average Bonchev–Trinajstić information content (AvgIpc) is 3.11. The molecule has 0 radical (unpaired) electrons. The molecule has 0 aliphatic carbocycles. The maximum atomic E-state index is 13.5. The van der Waals surface area contributed by atoms with Gasteiger partial charge in [-0.1, -0.05) is 53.2 Å². The number of aryl methyl sites for hydroxylation is 1. The molecule has 0 N–H and O–H groups in total. The summed E-state index contributed by atoms with van der Waals surface area (Å²) in [7, 11) is 0. The summed E-state index contributed by atoms with van der Waals surface area (Å²) in [5.41, 5.74) is 3.98. The molecule has 28 heavy (non-hydrogen) atoms. The molecule has 0 aliphatic heterocycles. The molecule has 1 aromatic heterocycles. The smallest absolute Gasteiger partial charge is 0.196 e. The topological polar surface area (TPSA) is 30.7 Å². The number of nitrogens with zero attached hydrogens (tertiary/aromatic N) is 3. The van der Waals surface area contributed by atoms with Crippen LogP contribution in [0.25, 0.3) is 17.1 Å². The van der Waals surface area contributed by atoms with Gasteiger partial charge >= 0.3 is 0 Å². The highest BCUT2D eigenvalue weighted by Gasteiger charge is 2.16. The first-order valence-corrected chi connectivity index (χ1v) is 10.1. The van der Waals surface area contributed by atoms with Crippen LogP contribution < -0.4 is 0 Å². The van der Waals surface area contributed by atoms with E-state index < -0.39 is 0 Å². The Morgan fingerprint density at radius 1 is 0.964 bits per heavy atom. The van der Waals surface area contributed by atoms with Crippen molar-refractivity contribution in [2.75, 3.05) is 0 Å². The maximum Gasteiger partial charge on any atom is 0.196 e. The van der Waals surface area contributed by atoms with E-state index in [4.69, 9.17) is 11.6 Å². The molecular weight excluding hydrogens is 393 g/mol. The van der Waals surface area contributed by atoms with Crippen molar-refractivity contribution in [2.24, 2.45) is 0 Å². The molecule has 0 unspecified atom stereocenters. The van der Waals surface area contributed by atoms with Crippen LogP contribution in [-0.4, -0.2) is 14.8 Å². The van der Waals surface area contributed by atoms with Crippen molar-refractivity contribution in [3.05, 3.63) is 94.8 Å². The third-order valence-electron chi connectivity index (χ3n) is 4.28. The van der Waals surface area contributed by atoms with Crippen LogP contribution in [0.1, 0.15) is 11.1 Å². The highest BCUT2D eigenvalue weighted by Crippen LogP contribution is 2.30. The van der Waals surface area contributed by atoms with E-state index in [0.717, 1.165) is 27.8 Å². The summed E-state index contributed by atoms with van der Waals surface area (Å²) in [5, 5.41) is 10.2. The molecule has 4 rings (SSSR count). The molecule has 0 bridgehead atoms. The molecule has 4 aromatic rings. The molecule has 0 saturated heterocycles. The molecule has 1 heterocycles. The summed E-state index contributed by atoms with van der Waals surface area (Å²) in [6, 6.07) is 22.4. The number of thioether (sulfide) groups is 1. The quantitative estimate of drug-likeness (QED) is 0.361. The molecular formula is C22H17ClFN3S. The molecule has 0 atom stereocenters. The van der Waals surface area contributed by atoms with Gasteiger partial charge in [0.15, 0.2) is 11.0 Å². The minimum absolute atomic E-state index is 0.236. The van der Waals surface area contributed by atoms with E-state index in [1.165, 1.54) is 23.4 Å². The lowest BCUT2D eigenvalue weighted by Crippen LogP contribution is -2.00. The minimum atomic E-state index is -0.236. The summed E-state index contributed by atoms with van der Waals surface area (Å²) in [5.74, 6) is 1.10. The molecule has 140 valence electrons. The van der Waals surface area contributed by atoms with Gasteiger partial charge in [0, 0.05) is 22.0 Å². The lowest BCUT2D eigenvalue weighted by molar-refractivity contribution is 0.626. The zero-order valence-electron chi connectivity index (χ0n) is 15.1. The van der Waals surface area contributed by atoms with Gasteiger partial charge in [-0.15, -0.1) is 10.2 Å². The predicted octanol–water partition coefficient (Wildman–Crippen LogP) is 6.33. The van der Waals surface area contributed by atoms with E-state index in [0.29, 0.717) is 10.8 Å². The van der Waals surface area contributed by atoms with Crippen LogP contribution in [0.4, 0.5) is 4.39 Å². The van der Waals surface area contributed by atoms with Gasteiger partial charge in [0.1, 0.15) is 5.82 Å². The number of hydrogen-bond acceptors (Lipinski definition) is 3. The fourth-order valence-corrected chi connectivity index (χ4v) is 3.87. The zero-order valence-corrected chi connectivity index (χ0v) is 16.7. The van der Waals surface area contributed by atoms with Crippen molar-refractivity contribution in [3.63, 3.8) is 0 Å². The number of halogens is 2. The van der Waals surface area contributed by atoms with Crippen LogP contribution in [-0.2, 0) is 5.75 Å². The monoisotopic (exact) mass is 409 g/mol.